The molecule has 2 N–H and O–H groups in total. The average molecular weight is 681 g/mol. The maximum Gasteiger partial charge on any atom is 0.418 e. The van der Waals surface area contributed by atoms with E-state index in [0.717, 1.165) is 31.7 Å². The van der Waals surface area contributed by atoms with E-state index >= 15 is 0 Å². The highest BCUT2D eigenvalue weighted by atomic mass is 19.4. The minimum Gasteiger partial charge on any atom is -0.469 e. The fraction of sp³-hybridized carbons (Fsp3) is 0.529. The lowest BCUT2D eigenvalue weighted by Gasteiger charge is -2.34. The molecule has 12 nitrogen and oxygen atoms in total. The van der Waals surface area contributed by atoms with Crippen LogP contribution in [-0.2, 0) is 33.4 Å². The molecular formula is C34H39F3N8O4. The number of aromatic amines is 1. The molecule has 49 heavy (non-hydrogen) atoms. The van der Waals surface area contributed by atoms with E-state index in [9.17, 15) is 22.8 Å². The van der Waals surface area contributed by atoms with E-state index in [4.69, 9.17) is 9.47 Å². The zero-order chi connectivity index (χ0) is 34.5. The van der Waals surface area contributed by atoms with Gasteiger partial charge >= 0.3 is 12.1 Å². The van der Waals surface area contributed by atoms with Crippen LogP contribution in [0.2, 0.25) is 0 Å². The standard InChI is InChI=1S/C34H39F3N8O4/c1-44(17-33(18-48-2)10-4-5-11-33)25-13-23(21-12-22(34(35,36)37)27(38-14-21)19-6-7-19)40-29-28(25)41-32(42-29)43-30(46)24-16-45-15-20(31(47)49-3)8-9-26(45)39-24/h12-14,16,19-20H,4-11,15,17-18H2,1-3H3,(H2,40,41,42,43,46). The molecule has 1 aliphatic heterocycles. The fourth-order valence-corrected chi connectivity index (χ4v) is 7.46. The number of carbonyl (C=O) groups excluding carboxylic acids is 2. The summed E-state index contributed by atoms with van der Waals surface area (Å²) in [4.78, 5) is 48.6. The van der Waals surface area contributed by atoms with Crippen LogP contribution < -0.4 is 10.2 Å². The van der Waals surface area contributed by atoms with Crippen LogP contribution in [0.1, 0.15) is 78.4 Å². The monoisotopic (exact) mass is 680 g/mol. The van der Waals surface area contributed by atoms with Gasteiger partial charge in [-0.05, 0) is 44.2 Å². The fourth-order valence-electron chi connectivity index (χ4n) is 7.46. The van der Waals surface area contributed by atoms with Crippen molar-refractivity contribution in [2.45, 2.75) is 70.0 Å². The van der Waals surface area contributed by atoms with Crippen LogP contribution in [0.15, 0.2) is 24.5 Å². The van der Waals surface area contributed by atoms with Crippen LogP contribution in [0, 0.1) is 11.3 Å². The summed E-state index contributed by atoms with van der Waals surface area (Å²) in [6.45, 7) is 1.59. The van der Waals surface area contributed by atoms with Crippen LogP contribution in [-0.4, -0.2) is 75.8 Å². The number of esters is 1. The van der Waals surface area contributed by atoms with Gasteiger partial charge in [-0.15, -0.1) is 0 Å². The van der Waals surface area contributed by atoms with E-state index in [1.807, 2.05) is 7.05 Å². The number of nitrogens with zero attached hydrogens (tertiary/aromatic N) is 6. The number of amides is 1. The number of fused-ring (bicyclic) bond motifs is 2. The first-order valence-electron chi connectivity index (χ1n) is 16.6. The molecule has 0 radical (unpaired) electrons. The molecule has 0 aromatic carbocycles. The van der Waals surface area contributed by atoms with E-state index < -0.39 is 17.6 Å². The van der Waals surface area contributed by atoms with Crippen LogP contribution in [0.4, 0.5) is 24.8 Å². The number of rotatable bonds is 10. The lowest BCUT2D eigenvalue weighted by atomic mass is 9.86. The van der Waals surface area contributed by atoms with Crippen molar-refractivity contribution in [3.8, 4) is 11.3 Å². The summed E-state index contributed by atoms with van der Waals surface area (Å²) in [6.07, 6.45) is 5.14. The average Bonchev–Trinajstić information content (AvgIpc) is 3.45. The zero-order valence-corrected chi connectivity index (χ0v) is 27.7. The summed E-state index contributed by atoms with van der Waals surface area (Å²) in [5.74, 6) is -0.493. The SMILES string of the molecule is COCC1(CN(C)c2cc(-c3cnc(C4CC4)c(C(F)(F)F)c3)nc3nc(NC(=O)c4cn5c(n4)CCC(C(=O)OC)C5)[nH]c23)CCCC1. The molecule has 5 heterocycles. The quantitative estimate of drug-likeness (QED) is 0.201. The molecule has 4 aromatic heterocycles. The largest absolute Gasteiger partial charge is 0.469 e. The first kappa shape index (κ1) is 33.0. The molecule has 1 amide bonds. The second-order valence-electron chi connectivity index (χ2n) is 13.6. The maximum absolute atomic E-state index is 14.2. The molecule has 2 saturated carbocycles. The van der Waals surface area contributed by atoms with E-state index in [-0.39, 0.29) is 57.5 Å². The third-order valence-electron chi connectivity index (χ3n) is 10.0. The first-order valence-corrected chi connectivity index (χ1v) is 16.6. The number of pyridine rings is 2. The Balaban J connectivity index is 1.23. The van der Waals surface area contributed by atoms with Gasteiger partial charge in [-0.25, -0.2) is 9.97 Å². The Morgan fingerprint density at radius 2 is 1.90 bits per heavy atom. The molecule has 2 aliphatic carbocycles. The van der Waals surface area contributed by atoms with Crippen LogP contribution >= 0.6 is 0 Å². The second-order valence-corrected chi connectivity index (χ2v) is 13.6. The number of hydrogen-bond acceptors (Lipinski definition) is 9. The van der Waals surface area contributed by atoms with E-state index in [1.54, 1.807) is 23.9 Å². The van der Waals surface area contributed by atoms with Gasteiger partial charge in [0, 0.05) is 63.0 Å². The summed E-state index contributed by atoms with van der Waals surface area (Å²) in [5, 5.41) is 2.77. The lowest BCUT2D eigenvalue weighted by Crippen LogP contribution is -2.37. The van der Waals surface area contributed by atoms with Crippen molar-refractivity contribution in [3.05, 3.63) is 47.3 Å². The van der Waals surface area contributed by atoms with Crippen LogP contribution in [0.3, 0.4) is 0 Å². The minimum absolute atomic E-state index is 0.0731. The van der Waals surface area contributed by atoms with Gasteiger partial charge in [-0.3, -0.25) is 19.9 Å². The molecule has 4 aromatic rings. The summed E-state index contributed by atoms with van der Waals surface area (Å²) in [6, 6.07) is 2.87. The third-order valence-corrected chi connectivity index (χ3v) is 10.0. The predicted molar refractivity (Wildman–Crippen MR) is 174 cm³/mol. The minimum atomic E-state index is -4.56. The van der Waals surface area contributed by atoms with Crippen molar-refractivity contribution in [2.24, 2.45) is 11.3 Å². The Labute approximate surface area is 280 Å². The number of H-pyrrole nitrogens is 1. The third kappa shape index (κ3) is 6.59. The number of hydrogen-bond donors (Lipinski definition) is 2. The van der Waals surface area contributed by atoms with Gasteiger partial charge in [0.15, 0.2) is 5.65 Å². The molecular weight excluding hydrogens is 641 g/mol. The van der Waals surface area contributed by atoms with Crippen molar-refractivity contribution < 1.29 is 32.2 Å². The van der Waals surface area contributed by atoms with E-state index in [1.165, 1.54) is 13.3 Å². The predicted octanol–water partition coefficient (Wildman–Crippen LogP) is 5.74. The van der Waals surface area contributed by atoms with Gasteiger partial charge in [-0.2, -0.15) is 18.2 Å². The van der Waals surface area contributed by atoms with E-state index in [0.29, 0.717) is 62.4 Å². The van der Waals surface area contributed by atoms with Crippen molar-refractivity contribution >= 4 is 34.7 Å². The molecule has 260 valence electrons. The normalized spacial score (nSPS) is 18.8. The molecule has 15 heteroatoms. The molecule has 3 aliphatic rings. The number of carbonyl (C=O) groups is 2. The molecule has 0 spiro atoms. The highest BCUT2D eigenvalue weighted by Gasteiger charge is 2.40. The Kier molecular flexibility index (Phi) is 8.57. The molecule has 0 saturated heterocycles. The number of aryl methyl sites for hydroxylation is 1. The highest BCUT2D eigenvalue weighted by molar-refractivity contribution is 6.03. The summed E-state index contributed by atoms with van der Waals surface area (Å²) in [5.41, 5.74) is 1.34. The second kappa shape index (κ2) is 12.7. The van der Waals surface area contributed by atoms with Gasteiger partial charge in [0.25, 0.3) is 5.91 Å². The Bertz CT molecular complexity index is 1890. The molecule has 1 atom stereocenters. The first-order chi connectivity index (χ1) is 23.5. The van der Waals surface area contributed by atoms with Gasteiger partial charge < -0.3 is 23.9 Å². The number of anilines is 2. The Hall–Kier alpha value is -4.53. The summed E-state index contributed by atoms with van der Waals surface area (Å²) >= 11 is 0. The number of methoxy groups -OCH3 is 2. The van der Waals surface area contributed by atoms with Crippen molar-refractivity contribution in [1.82, 2.24) is 29.5 Å². The topological polar surface area (TPSA) is 140 Å². The van der Waals surface area contributed by atoms with Crippen molar-refractivity contribution in [2.75, 3.05) is 44.6 Å². The maximum atomic E-state index is 14.2. The number of aromatic nitrogens is 6. The van der Waals surface area contributed by atoms with Gasteiger partial charge in [0.2, 0.25) is 5.95 Å². The van der Waals surface area contributed by atoms with Crippen molar-refractivity contribution in [3.63, 3.8) is 0 Å². The summed E-state index contributed by atoms with van der Waals surface area (Å²) < 4.78 is 54.8. The van der Waals surface area contributed by atoms with Gasteiger partial charge in [0.1, 0.15) is 17.0 Å². The number of alkyl halides is 3. The number of imidazole rings is 2. The zero-order valence-electron chi connectivity index (χ0n) is 27.7. The molecule has 7 rings (SSSR count). The Morgan fingerprint density at radius 3 is 2.59 bits per heavy atom. The van der Waals surface area contributed by atoms with Crippen molar-refractivity contribution in [1.29, 1.82) is 0 Å². The summed E-state index contributed by atoms with van der Waals surface area (Å²) in [7, 11) is 4.98. The molecule has 2 fully saturated rings. The van der Waals surface area contributed by atoms with Gasteiger partial charge in [-0.1, -0.05) is 12.8 Å². The number of nitrogens with one attached hydrogen (secondary N) is 2. The lowest BCUT2D eigenvalue weighted by molar-refractivity contribution is -0.146. The highest BCUT2D eigenvalue weighted by Crippen LogP contribution is 2.46. The number of halogens is 3. The van der Waals surface area contributed by atoms with Crippen LogP contribution in [0.5, 0.6) is 0 Å². The van der Waals surface area contributed by atoms with Crippen LogP contribution in [0.25, 0.3) is 22.4 Å². The van der Waals surface area contributed by atoms with E-state index in [2.05, 4.69) is 35.1 Å². The van der Waals surface area contributed by atoms with Gasteiger partial charge in [0.05, 0.1) is 42.3 Å². The smallest absolute Gasteiger partial charge is 0.418 e. The molecule has 0 bridgehead atoms. The number of ether oxygens (including phenoxy) is 2. The Morgan fingerprint density at radius 1 is 1.12 bits per heavy atom. The molecule has 1 unspecified atom stereocenters.